The second kappa shape index (κ2) is 5.16. The molecule has 2 amide bonds. The van der Waals surface area contributed by atoms with Crippen molar-refractivity contribution in [1.29, 1.82) is 0 Å². The van der Waals surface area contributed by atoms with Crippen molar-refractivity contribution in [2.45, 2.75) is 12.8 Å². The van der Waals surface area contributed by atoms with E-state index in [0.717, 1.165) is 6.54 Å². The van der Waals surface area contributed by atoms with Gasteiger partial charge in [-0.1, -0.05) is 0 Å². The van der Waals surface area contributed by atoms with Gasteiger partial charge in [-0.05, 0) is 26.9 Å². The first kappa shape index (κ1) is 12.8. The SMILES string of the molecule is CN(C)CCNC(=O)NCC1(C(=O)O)CC1. The molecular formula is C10H19N3O3. The highest BCUT2D eigenvalue weighted by atomic mass is 16.4. The molecular weight excluding hydrogens is 210 g/mol. The zero-order chi connectivity index (χ0) is 12.2. The van der Waals surface area contributed by atoms with Gasteiger partial charge >= 0.3 is 12.0 Å². The number of amides is 2. The lowest BCUT2D eigenvalue weighted by molar-refractivity contribution is -0.143. The van der Waals surface area contributed by atoms with E-state index in [1.54, 1.807) is 0 Å². The normalized spacial score (nSPS) is 16.9. The van der Waals surface area contributed by atoms with Gasteiger partial charge in [0.1, 0.15) is 0 Å². The fraction of sp³-hybridized carbons (Fsp3) is 0.800. The number of nitrogens with zero attached hydrogens (tertiary/aromatic N) is 1. The number of carboxylic acid groups (broad SMARTS) is 1. The van der Waals surface area contributed by atoms with Crippen molar-refractivity contribution in [2.75, 3.05) is 33.7 Å². The standard InChI is InChI=1S/C10H19N3O3/c1-13(2)6-5-11-9(16)12-7-10(3-4-10)8(14)15/h3-7H2,1-2H3,(H,14,15)(H2,11,12,16). The van der Waals surface area contributed by atoms with Gasteiger partial charge in [-0.15, -0.1) is 0 Å². The van der Waals surface area contributed by atoms with E-state index in [0.29, 0.717) is 19.4 Å². The lowest BCUT2D eigenvalue weighted by Crippen LogP contribution is -2.42. The van der Waals surface area contributed by atoms with Gasteiger partial charge in [0.05, 0.1) is 5.41 Å². The molecule has 92 valence electrons. The van der Waals surface area contributed by atoms with Crippen molar-refractivity contribution >= 4 is 12.0 Å². The highest BCUT2D eigenvalue weighted by molar-refractivity contribution is 5.80. The maximum Gasteiger partial charge on any atom is 0.314 e. The quantitative estimate of drug-likeness (QED) is 0.584. The van der Waals surface area contributed by atoms with Crippen molar-refractivity contribution in [1.82, 2.24) is 15.5 Å². The minimum Gasteiger partial charge on any atom is -0.481 e. The largest absolute Gasteiger partial charge is 0.481 e. The Morgan fingerprint density at radius 3 is 2.38 bits per heavy atom. The number of nitrogens with one attached hydrogen (secondary N) is 2. The van der Waals surface area contributed by atoms with E-state index >= 15 is 0 Å². The number of hydrogen-bond acceptors (Lipinski definition) is 3. The third-order valence-corrected chi connectivity index (χ3v) is 2.74. The van der Waals surface area contributed by atoms with Crippen LogP contribution in [0, 0.1) is 5.41 Å². The van der Waals surface area contributed by atoms with Crippen LogP contribution in [0.4, 0.5) is 4.79 Å². The Morgan fingerprint density at radius 2 is 1.94 bits per heavy atom. The maximum absolute atomic E-state index is 11.3. The van der Waals surface area contributed by atoms with E-state index in [1.807, 2.05) is 19.0 Å². The molecule has 6 nitrogen and oxygen atoms in total. The van der Waals surface area contributed by atoms with Gasteiger partial charge in [-0.25, -0.2) is 4.79 Å². The number of rotatable bonds is 6. The summed E-state index contributed by atoms with van der Waals surface area (Å²) in [5.74, 6) is -0.818. The Labute approximate surface area is 95.0 Å². The van der Waals surface area contributed by atoms with Gasteiger partial charge in [-0.2, -0.15) is 0 Å². The number of hydrogen-bond donors (Lipinski definition) is 3. The average molecular weight is 229 g/mol. The van der Waals surface area contributed by atoms with Gasteiger partial charge < -0.3 is 20.6 Å². The van der Waals surface area contributed by atoms with E-state index in [2.05, 4.69) is 10.6 Å². The fourth-order valence-corrected chi connectivity index (χ4v) is 1.32. The first-order valence-electron chi connectivity index (χ1n) is 5.36. The van der Waals surface area contributed by atoms with Gasteiger partial charge in [0.25, 0.3) is 0 Å². The number of carbonyl (C=O) groups is 2. The lowest BCUT2D eigenvalue weighted by atomic mass is 10.1. The van der Waals surface area contributed by atoms with Crippen LogP contribution in [0.5, 0.6) is 0 Å². The summed E-state index contributed by atoms with van der Waals surface area (Å²) < 4.78 is 0. The van der Waals surface area contributed by atoms with E-state index in [9.17, 15) is 9.59 Å². The van der Waals surface area contributed by atoms with Crippen LogP contribution in [-0.4, -0.2) is 55.7 Å². The first-order valence-corrected chi connectivity index (χ1v) is 5.36. The number of likely N-dealkylation sites (N-methyl/N-ethyl adjacent to an activating group) is 1. The molecule has 0 aromatic heterocycles. The average Bonchev–Trinajstić information content (AvgIpc) is 2.95. The molecule has 1 aliphatic carbocycles. The Morgan fingerprint density at radius 1 is 1.31 bits per heavy atom. The summed E-state index contributed by atoms with van der Waals surface area (Å²) in [5.41, 5.74) is -0.696. The Balaban J connectivity index is 2.13. The van der Waals surface area contributed by atoms with Crippen LogP contribution < -0.4 is 10.6 Å². The van der Waals surface area contributed by atoms with Crippen molar-refractivity contribution in [2.24, 2.45) is 5.41 Å². The topological polar surface area (TPSA) is 81.7 Å². The van der Waals surface area contributed by atoms with Gasteiger partial charge in [0.15, 0.2) is 0 Å². The van der Waals surface area contributed by atoms with Crippen LogP contribution in [0.1, 0.15) is 12.8 Å². The first-order chi connectivity index (χ1) is 7.46. The van der Waals surface area contributed by atoms with Crippen LogP contribution >= 0.6 is 0 Å². The third-order valence-electron chi connectivity index (χ3n) is 2.74. The monoisotopic (exact) mass is 229 g/mol. The van der Waals surface area contributed by atoms with E-state index in [-0.39, 0.29) is 12.6 Å². The molecule has 1 fully saturated rings. The summed E-state index contributed by atoms with van der Waals surface area (Å²) in [7, 11) is 3.84. The maximum atomic E-state index is 11.3. The molecule has 1 rings (SSSR count). The van der Waals surface area contributed by atoms with E-state index < -0.39 is 11.4 Å². The highest BCUT2D eigenvalue weighted by Crippen LogP contribution is 2.45. The molecule has 0 aromatic carbocycles. The molecule has 16 heavy (non-hydrogen) atoms. The minimum atomic E-state index is -0.818. The second-order valence-electron chi connectivity index (χ2n) is 4.50. The summed E-state index contributed by atoms with van der Waals surface area (Å²) >= 11 is 0. The van der Waals surface area contributed by atoms with Crippen LogP contribution in [0.2, 0.25) is 0 Å². The molecule has 0 heterocycles. The molecule has 0 radical (unpaired) electrons. The van der Waals surface area contributed by atoms with Gasteiger partial charge in [0, 0.05) is 19.6 Å². The summed E-state index contributed by atoms with van der Waals surface area (Å²) in [6.07, 6.45) is 1.31. The summed E-state index contributed by atoms with van der Waals surface area (Å²) in [4.78, 5) is 24.1. The van der Waals surface area contributed by atoms with Crippen molar-refractivity contribution in [3.05, 3.63) is 0 Å². The predicted molar refractivity (Wildman–Crippen MR) is 59.3 cm³/mol. The summed E-state index contributed by atoms with van der Waals surface area (Å²) in [6, 6.07) is -0.297. The lowest BCUT2D eigenvalue weighted by Gasteiger charge is -2.13. The predicted octanol–water partition coefficient (Wildman–Crippen LogP) is -0.288. The summed E-state index contributed by atoms with van der Waals surface area (Å²) in [6.45, 7) is 1.53. The molecule has 1 saturated carbocycles. The van der Waals surface area contributed by atoms with Crippen LogP contribution in [0.15, 0.2) is 0 Å². The molecule has 0 atom stereocenters. The van der Waals surface area contributed by atoms with Crippen molar-refractivity contribution in [3.63, 3.8) is 0 Å². The van der Waals surface area contributed by atoms with Crippen LogP contribution in [-0.2, 0) is 4.79 Å². The molecule has 3 N–H and O–H groups in total. The van der Waals surface area contributed by atoms with Crippen LogP contribution in [0.25, 0.3) is 0 Å². The van der Waals surface area contributed by atoms with Crippen molar-refractivity contribution < 1.29 is 14.7 Å². The molecule has 0 saturated heterocycles. The molecule has 0 unspecified atom stereocenters. The minimum absolute atomic E-state index is 0.218. The van der Waals surface area contributed by atoms with E-state index in [1.165, 1.54) is 0 Å². The zero-order valence-electron chi connectivity index (χ0n) is 9.75. The van der Waals surface area contributed by atoms with E-state index in [4.69, 9.17) is 5.11 Å². The second-order valence-corrected chi connectivity index (χ2v) is 4.50. The molecule has 0 spiro atoms. The third kappa shape index (κ3) is 3.69. The number of carbonyl (C=O) groups excluding carboxylic acids is 1. The fourth-order valence-electron chi connectivity index (χ4n) is 1.32. The molecule has 0 bridgehead atoms. The van der Waals surface area contributed by atoms with Gasteiger partial charge in [0.2, 0.25) is 0 Å². The van der Waals surface area contributed by atoms with Crippen molar-refractivity contribution in [3.8, 4) is 0 Å². The van der Waals surface area contributed by atoms with Crippen LogP contribution in [0.3, 0.4) is 0 Å². The Kier molecular flexibility index (Phi) is 4.12. The smallest absolute Gasteiger partial charge is 0.314 e. The molecule has 0 aromatic rings. The molecule has 1 aliphatic rings. The Bertz CT molecular complexity index is 274. The number of urea groups is 1. The number of carboxylic acids is 1. The Hall–Kier alpha value is -1.30. The molecule has 6 heteroatoms. The zero-order valence-corrected chi connectivity index (χ0v) is 9.75. The molecule has 0 aliphatic heterocycles. The number of aliphatic carboxylic acids is 1. The highest BCUT2D eigenvalue weighted by Gasteiger charge is 2.50. The van der Waals surface area contributed by atoms with Gasteiger partial charge in [-0.3, -0.25) is 4.79 Å². The summed E-state index contributed by atoms with van der Waals surface area (Å²) in [5, 5.41) is 14.1.